The van der Waals surface area contributed by atoms with Crippen molar-refractivity contribution in [1.82, 2.24) is 30.9 Å². The molecule has 5 heterocycles. The van der Waals surface area contributed by atoms with Crippen LogP contribution in [0.5, 0.6) is 0 Å². The monoisotopic (exact) mass is 726 g/mol. The van der Waals surface area contributed by atoms with Crippen molar-refractivity contribution in [2.75, 3.05) is 81.8 Å². The number of hydrazine groups is 1. The lowest BCUT2D eigenvalue weighted by Gasteiger charge is -2.45. The fourth-order valence-corrected chi connectivity index (χ4v) is 8.50. The van der Waals surface area contributed by atoms with Crippen molar-refractivity contribution in [1.29, 1.82) is 0 Å². The lowest BCUT2D eigenvalue weighted by Crippen LogP contribution is -2.54. The minimum Gasteiger partial charge on any atom is -0.371 e. The third-order valence-electron chi connectivity index (χ3n) is 11.7. The molecule has 3 N–H and O–H groups in total. The summed E-state index contributed by atoms with van der Waals surface area (Å²) in [6.07, 6.45) is 7.38. The molecule has 1 unspecified atom stereocenters. The number of rotatable bonds is 14. The Kier molecular flexibility index (Phi) is 11.7. The zero-order valence-electron chi connectivity index (χ0n) is 31.0. The second-order valence-corrected chi connectivity index (χ2v) is 15.5. The molecule has 4 saturated heterocycles. The topological polar surface area (TPSA) is 138 Å². The van der Waals surface area contributed by atoms with Crippen molar-refractivity contribution in [2.45, 2.75) is 64.3 Å². The Morgan fingerprint density at radius 2 is 1.42 bits per heavy atom. The van der Waals surface area contributed by atoms with Gasteiger partial charge in [-0.3, -0.25) is 44.5 Å². The molecule has 0 spiro atoms. The predicted octanol–water partition coefficient (Wildman–Crippen LogP) is 2.87. The molecule has 13 heteroatoms. The number of nitrogens with one attached hydrogen (secondary N) is 3. The van der Waals surface area contributed by atoms with E-state index in [1.165, 1.54) is 37.8 Å². The normalized spacial score (nSPS) is 21.9. The number of fused-ring (bicyclic) bond motifs is 1. The largest absolute Gasteiger partial charge is 0.371 e. The van der Waals surface area contributed by atoms with Crippen LogP contribution in [0.25, 0.3) is 0 Å². The molecule has 0 aliphatic carbocycles. The maximum Gasteiger partial charge on any atom is 0.265 e. The van der Waals surface area contributed by atoms with E-state index in [4.69, 9.17) is 0 Å². The first-order valence-electron chi connectivity index (χ1n) is 19.7. The minimum atomic E-state index is -0.949. The first-order chi connectivity index (χ1) is 25.8. The SMILES string of the molecule is CCCCCCNNC(=O)c1ccc(N2CCN(CC3CCN(CC4CN(c5ccc6c(c5)C(=O)N(C5CCC(=O)NC5=O)C6=O)C4)CC3)CC2)cc1. The fourth-order valence-electron chi connectivity index (χ4n) is 8.50. The Morgan fingerprint density at radius 3 is 2.13 bits per heavy atom. The predicted molar refractivity (Wildman–Crippen MR) is 203 cm³/mol. The number of imide groups is 2. The van der Waals surface area contributed by atoms with Crippen molar-refractivity contribution in [3.63, 3.8) is 0 Å². The van der Waals surface area contributed by atoms with Crippen LogP contribution < -0.4 is 26.0 Å². The smallest absolute Gasteiger partial charge is 0.265 e. The van der Waals surface area contributed by atoms with Gasteiger partial charge in [-0.05, 0) is 87.2 Å². The molecule has 2 aromatic rings. The van der Waals surface area contributed by atoms with Gasteiger partial charge in [-0.15, -0.1) is 0 Å². The Balaban J connectivity index is 0.788. The van der Waals surface area contributed by atoms with Crippen LogP contribution in [0, 0.1) is 11.8 Å². The van der Waals surface area contributed by atoms with Gasteiger partial charge in [-0.2, -0.15) is 0 Å². The van der Waals surface area contributed by atoms with Crippen LogP contribution in [-0.2, 0) is 9.59 Å². The first kappa shape index (κ1) is 37.0. The molecular formula is C40H54N8O5. The van der Waals surface area contributed by atoms with E-state index in [1.54, 1.807) is 12.1 Å². The number of carbonyl (C=O) groups is 5. The summed E-state index contributed by atoms with van der Waals surface area (Å²) in [4.78, 5) is 73.7. The Hall–Kier alpha value is -4.33. The number of nitrogens with zero attached hydrogens (tertiary/aromatic N) is 5. The van der Waals surface area contributed by atoms with Gasteiger partial charge >= 0.3 is 0 Å². The molecule has 53 heavy (non-hydrogen) atoms. The van der Waals surface area contributed by atoms with Gasteiger partial charge < -0.3 is 14.7 Å². The summed E-state index contributed by atoms with van der Waals surface area (Å²) in [7, 11) is 0. The number of piperidine rings is 2. The minimum absolute atomic E-state index is 0.0891. The highest BCUT2D eigenvalue weighted by molar-refractivity contribution is 6.23. The maximum atomic E-state index is 13.2. The lowest BCUT2D eigenvalue weighted by atomic mass is 9.93. The molecule has 0 saturated carbocycles. The average molecular weight is 727 g/mol. The number of benzene rings is 2. The number of amides is 5. The average Bonchev–Trinajstić information content (AvgIpc) is 3.40. The standard InChI is InChI=1S/C40H54N8O5/c1-2-3-4-5-16-41-43-37(50)30-6-8-31(9-7-30)46-21-19-45(20-22-46)24-28-14-17-44(18-15-28)25-29-26-47(27-29)32-10-11-33-34(23-32)40(53)48(39(33)52)35-12-13-36(49)42-38(35)51/h6-11,23,28-29,35,41H,2-5,12-22,24-27H2,1H3,(H,43,50)(H,42,49,51). The lowest BCUT2D eigenvalue weighted by molar-refractivity contribution is -0.136. The van der Waals surface area contributed by atoms with Crippen LogP contribution in [0.15, 0.2) is 42.5 Å². The van der Waals surface area contributed by atoms with E-state index in [9.17, 15) is 24.0 Å². The zero-order valence-corrected chi connectivity index (χ0v) is 31.0. The molecule has 0 radical (unpaired) electrons. The summed E-state index contributed by atoms with van der Waals surface area (Å²) in [6, 6.07) is 12.4. The number of anilines is 2. The maximum absolute atomic E-state index is 13.2. The Bertz CT molecular complexity index is 1660. The zero-order chi connectivity index (χ0) is 36.9. The van der Waals surface area contributed by atoms with Crippen LogP contribution in [0.2, 0.25) is 0 Å². The summed E-state index contributed by atoms with van der Waals surface area (Å²) >= 11 is 0. The highest BCUT2D eigenvalue weighted by atomic mass is 16.2. The molecule has 5 aliphatic rings. The highest BCUT2D eigenvalue weighted by Crippen LogP contribution is 2.33. The van der Waals surface area contributed by atoms with Crippen molar-refractivity contribution in [3.8, 4) is 0 Å². The van der Waals surface area contributed by atoms with E-state index in [2.05, 4.69) is 54.8 Å². The first-order valence-corrected chi connectivity index (χ1v) is 19.7. The molecule has 4 fully saturated rings. The van der Waals surface area contributed by atoms with Crippen LogP contribution in [-0.4, -0.2) is 122 Å². The number of likely N-dealkylation sites (tertiary alicyclic amines) is 1. The van der Waals surface area contributed by atoms with Crippen LogP contribution in [0.4, 0.5) is 11.4 Å². The molecule has 5 amide bonds. The Morgan fingerprint density at radius 1 is 0.736 bits per heavy atom. The van der Waals surface area contributed by atoms with Crippen LogP contribution in [0.3, 0.4) is 0 Å². The van der Waals surface area contributed by atoms with E-state index >= 15 is 0 Å². The molecule has 5 aliphatic heterocycles. The van der Waals surface area contributed by atoms with Crippen molar-refractivity contribution in [2.24, 2.45) is 11.8 Å². The summed E-state index contributed by atoms with van der Waals surface area (Å²) in [5, 5.41) is 2.25. The number of hydrogen-bond donors (Lipinski definition) is 3. The summed E-state index contributed by atoms with van der Waals surface area (Å²) in [5.74, 6) is -0.704. The van der Waals surface area contributed by atoms with E-state index in [-0.39, 0.29) is 24.7 Å². The van der Waals surface area contributed by atoms with Gasteiger partial charge in [0.05, 0.1) is 11.1 Å². The van der Waals surface area contributed by atoms with E-state index < -0.39 is 23.8 Å². The molecular weight excluding hydrogens is 672 g/mol. The van der Waals surface area contributed by atoms with Crippen LogP contribution >= 0.6 is 0 Å². The van der Waals surface area contributed by atoms with E-state index in [0.717, 1.165) is 94.9 Å². The Labute approximate surface area is 312 Å². The van der Waals surface area contributed by atoms with E-state index in [1.807, 2.05) is 18.2 Å². The summed E-state index contributed by atoms with van der Waals surface area (Å²) in [5.41, 5.74) is 9.29. The van der Waals surface area contributed by atoms with Crippen molar-refractivity contribution in [3.05, 3.63) is 59.2 Å². The van der Waals surface area contributed by atoms with Crippen LogP contribution in [0.1, 0.15) is 89.4 Å². The van der Waals surface area contributed by atoms with Crippen molar-refractivity contribution >= 4 is 40.9 Å². The second kappa shape index (κ2) is 16.8. The molecule has 0 bridgehead atoms. The quantitative estimate of drug-likeness (QED) is 0.152. The van der Waals surface area contributed by atoms with E-state index in [0.29, 0.717) is 22.6 Å². The molecule has 7 rings (SSSR count). The van der Waals surface area contributed by atoms with Crippen molar-refractivity contribution < 1.29 is 24.0 Å². The molecule has 13 nitrogen and oxygen atoms in total. The van der Waals surface area contributed by atoms with Gasteiger partial charge in [-0.25, -0.2) is 5.43 Å². The third kappa shape index (κ3) is 8.58. The van der Waals surface area contributed by atoms with Gasteiger partial charge in [0.15, 0.2) is 0 Å². The summed E-state index contributed by atoms with van der Waals surface area (Å²) < 4.78 is 0. The number of piperazine rings is 1. The number of unbranched alkanes of at least 4 members (excludes halogenated alkanes) is 3. The van der Waals surface area contributed by atoms with Gasteiger partial charge in [0.25, 0.3) is 17.7 Å². The fraction of sp³-hybridized carbons (Fsp3) is 0.575. The molecule has 284 valence electrons. The van der Waals surface area contributed by atoms with Gasteiger partial charge in [-0.1, -0.05) is 26.2 Å². The summed E-state index contributed by atoms with van der Waals surface area (Å²) in [6.45, 7) is 13.4. The second-order valence-electron chi connectivity index (χ2n) is 15.5. The molecule has 2 aromatic carbocycles. The highest BCUT2D eigenvalue weighted by Gasteiger charge is 2.45. The number of carbonyl (C=O) groups excluding carboxylic acids is 5. The van der Waals surface area contributed by atoms with Gasteiger partial charge in [0.1, 0.15) is 6.04 Å². The van der Waals surface area contributed by atoms with Gasteiger partial charge in [0.2, 0.25) is 11.8 Å². The van der Waals surface area contributed by atoms with Gasteiger partial charge in [0, 0.05) is 88.2 Å². The molecule has 1 atom stereocenters. The molecule has 0 aromatic heterocycles. The third-order valence-corrected chi connectivity index (χ3v) is 11.7. The number of hydrogen-bond acceptors (Lipinski definition) is 10.